The number of amides is 4. The molecule has 0 aromatic heterocycles. The zero-order valence-corrected chi connectivity index (χ0v) is 19.2. The first-order valence-corrected chi connectivity index (χ1v) is 11.5. The Morgan fingerprint density at radius 1 is 1.19 bits per heavy atom. The van der Waals surface area contributed by atoms with Crippen LogP contribution in [0, 0.1) is 5.92 Å². The van der Waals surface area contributed by atoms with Crippen molar-refractivity contribution in [3.8, 4) is 0 Å². The van der Waals surface area contributed by atoms with E-state index in [0.29, 0.717) is 25.3 Å². The van der Waals surface area contributed by atoms with Gasteiger partial charge >= 0.3 is 6.03 Å². The fourth-order valence-electron chi connectivity index (χ4n) is 4.72. The number of hydrogen-bond acceptors (Lipinski definition) is 4. The summed E-state index contributed by atoms with van der Waals surface area (Å²) >= 11 is 0. The molecule has 3 rings (SSSR count). The van der Waals surface area contributed by atoms with Gasteiger partial charge in [-0.05, 0) is 63.2 Å². The summed E-state index contributed by atoms with van der Waals surface area (Å²) in [7, 11) is 3.94. The Balaban J connectivity index is 1.58. The molecule has 1 aromatic carbocycles. The molecule has 0 bridgehead atoms. The molecular weight excluding hydrogens is 392 g/mol. The van der Waals surface area contributed by atoms with Crippen LogP contribution in [0.25, 0.3) is 0 Å². The summed E-state index contributed by atoms with van der Waals surface area (Å²) in [5.74, 6) is 0.0448. The average molecular weight is 429 g/mol. The van der Waals surface area contributed by atoms with E-state index in [1.165, 1.54) is 5.56 Å². The first kappa shape index (κ1) is 23.3. The number of imide groups is 1. The highest BCUT2D eigenvalue weighted by molar-refractivity contribution is 6.09. The van der Waals surface area contributed by atoms with Gasteiger partial charge in [-0.3, -0.25) is 14.5 Å². The molecule has 1 saturated heterocycles. The zero-order valence-electron chi connectivity index (χ0n) is 19.2. The summed E-state index contributed by atoms with van der Waals surface area (Å²) in [5, 5.41) is 5.80. The van der Waals surface area contributed by atoms with Gasteiger partial charge in [0.1, 0.15) is 12.1 Å². The maximum absolute atomic E-state index is 13.0. The predicted octanol–water partition coefficient (Wildman–Crippen LogP) is 2.86. The number of nitrogens with zero attached hydrogens (tertiary/aromatic N) is 2. The topological polar surface area (TPSA) is 81.8 Å². The maximum Gasteiger partial charge on any atom is 0.325 e. The van der Waals surface area contributed by atoms with E-state index in [-0.39, 0.29) is 24.4 Å². The molecule has 1 aromatic rings. The van der Waals surface area contributed by atoms with Crippen molar-refractivity contribution in [2.75, 3.05) is 27.2 Å². The Kier molecular flexibility index (Phi) is 7.36. The molecule has 0 radical (unpaired) electrons. The average Bonchev–Trinajstić information content (AvgIpc) is 2.98. The summed E-state index contributed by atoms with van der Waals surface area (Å²) in [5.41, 5.74) is 1.57. The van der Waals surface area contributed by atoms with Gasteiger partial charge in [0, 0.05) is 6.54 Å². The standard InChI is InChI=1S/C24H36N4O3/c1-5-17-7-9-19(10-8-17)20(27(3)4)15-25-21(29)16-28-22(30)24(26-23(28)31)13-11-18(6-2)12-14-24/h7-10,18,20H,5-6,11-16H2,1-4H3,(H,25,29)(H,26,31). The van der Waals surface area contributed by atoms with Gasteiger partial charge in [0.05, 0.1) is 6.04 Å². The molecule has 1 heterocycles. The highest BCUT2D eigenvalue weighted by Gasteiger charge is 2.52. The third-order valence-corrected chi connectivity index (χ3v) is 6.97. The molecule has 7 heteroatoms. The Hall–Kier alpha value is -2.41. The van der Waals surface area contributed by atoms with Gasteiger partial charge in [0.2, 0.25) is 5.91 Å². The van der Waals surface area contributed by atoms with Crippen molar-refractivity contribution in [1.82, 2.24) is 20.4 Å². The van der Waals surface area contributed by atoms with Crippen molar-refractivity contribution >= 4 is 17.8 Å². The summed E-state index contributed by atoms with van der Waals surface area (Å²) in [6.45, 7) is 4.45. The van der Waals surface area contributed by atoms with Crippen LogP contribution >= 0.6 is 0 Å². The minimum Gasteiger partial charge on any atom is -0.353 e. The third-order valence-electron chi connectivity index (χ3n) is 6.97. The number of carbonyl (C=O) groups excluding carboxylic acids is 3. The molecule has 1 aliphatic heterocycles. The van der Waals surface area contributed by atoms with Crippen LogP contribution in [-0.4, -0.2) is 60.4 Å². The van der Waals surface area contributed by atoms with E-state index in [2.05, 4.69) is 53.6 Å². The molecular formula is C24H36N4O3. The highest BCUT2D eigenvalue weighted by atomic mass is 16.2. The monoisotopic (exact) mass is 428 g/mol. The largest absolute Gasteiger partial charge is 0.353 e. The number of aryl methyl sites for hydroxylation is 1. The van der Waals surface area contributed by atoms with E-state index in [1.807, 2.05) is 14.1 Å². The molecule has 31 heavy (non-hydrogen) atoms. The molecule has 1 saturated carbocycles. The van der Waals surface area contributed by atoms with Crippen molar-refractivity contribution in [2.24, 2.45) is 5.92 Å². The second-order valence-electron chi connectivity index (χ2n) is 9.13. The summed E-state index contributed by atoms with van der Waals surface area (Å²) in [6.07, 6.45) is 5.26. The third kappa shape index (κ3) is 5.09. The Morgan fingerprint density at radius 3 is 2.39 bits per heavy atom. The maximum atomic E-state index is 13.0. The van der Waals surface area contributed by atoms with Crippen molar-refractivity contribution < 1.29 is 14.4 Å². The predicted molar refractivity (Wildman–Crippen MR) is 120 cm³/mol. The highest BCUT2D eigenvalue weighted by Crippen LogP contribution is 2.37. The molecule has 2 aliphatic rings. The summed E-state index contributed by atoms with van der Waals surface area (Å²) in [4.78, 5) is 41.2. The first-order valence-electron chi connectivity index (χ1n) is 11.5. The van der Waals surface area contributed by atoms with Crippen molar-refractivity contribution in [3.05, 3.63) is 35.4 Å². The fraction of sp³-hybridized carbons (Fsp3) is 0.625. The first-order chi connectivity index (χ1) is 14.8. The number of rotatable bonds is 8. The van der Waals surface area contributed by atoms with E-state index < -0.39 is 11.6 Å². The van der Waals surface area contributed by atoms with Gasteiger partial charge in [-0.25, -0.2) is 4.79 Å². The summed E-state index contributed by atoms with van der Waals surface area (Å²) in [6, 6.07) is 7.94. The quantitative estimate of drug-likeness (QED) is 0.624. The van der Waals surface area contributed by atoms with Gasteiger partial charge in [-0.1, -0.05) is 44.5 Å². The van der Waals surface area contributed by atoms with Crippen LogP contribution in [0.2, 0.25) is 0 Å². The summed E-state index contributed by atoms with van der Waals surface area (Å²) < 4.78 is 0. The molecule has 1 spiro atoms. The van der Waals surface area contributed by atoms with E-state index in [9.17, 15) is 14.4 Å². The van der Waals surface area contributed by atoms with Crippen LogP contribution in [0.4, 0.5) is 4.79 Å². The van der Waals surface area contributed by atoms with Gasteiger partial charge < -0.3 is 15.5 Å². The lowest BCUT2D eigenvalue weighted by atomic mass is 9.75. The van der Waals surface area contributed by atoms with E-state index in [1.54, 1.807) is 0 Å². The number of likely N-dealkylation sites (N-methyl/N-ethyl adjacent to an activating group) is 1. The van der Waals surface area contributed by atoms with E-state index >= 15 is 0 Å². The lowest BCUT2D eigenvalue weighted by Gasteiger charge is -2.34. The normalized spacial score (nSPS) is 24.5. The van der Waals surface area contributed by atoms with Crippen LogP contribution in [0.15, 0.2) is 24.3 Å². The molecule has 1 aliphatic carbocycles. The molecule has 2 fully saturated rings. The zero-order chi connectivity index (χ0) is 22.6. The lowest BCUT2D eigenvalue weighted by molar-refractivity contribution is -0.136. The van der Waals surface area contributed by atoms with E-state index in [0.717, 1.165) is 36.1 Å². The van der Waals surface area contributed by atoms with Crippen LogP contribution in [0.1, 0.15) is 63.1 Å². The van der Waals surface area contributed by atoms with Gasteiger partial charge in [-0.2, -0.15) is 0 Å². The Labute approximate surface area is 185 Å². The Bertz CT molecular complexity index is 798. The second-order valence-corrected chi connectivity index (χ2v) is 9.13. The van der Waals surface area contributed by atoms with Crippen molar-refractivity contribution in [2.45, 2.75) is 64.0 Å². The number of benzene rings is 1. The lowest BCUT2D eigenvalue weighted by Crippen LogP contribution is -2.50. The van der Waals surface area contributed by atoms with Crippen molar-refractivity contribution in [3.63, 3.8) is 0 Å². The minimum atomic E-state index is -0.809. The molecule has 2 N–H and O–H groups in total. The SMILES string of the molecule is CCc1ccc(C(CNC(=O)CN2C(=O)NC3(CCC(CC)CC3)C2=O)N(C)C)cc1. The number of carbonyl (C=O) groups is 3. The fourth-order valence-corrected chi connectivity index (χ4v) is 4.72. The molecule has 170 valence electrons. The second kappa shape index (κ2) is 9.81. The molecule has 1 atom stereocenters. The minimum absolute atomic E-state index is 0.00799. The number of urea groups is 1. The molecule has 1 unspecified atom stereocenters. The smallest absolute Gasteiger partial charge is 0.325 e. The van der Waals surface area contributed by atoms with Crippen LogP contribution in [0.5, 0.6) is 0 Å². The Morgan fingerprint density at radius 2 is 1.84 bits per heavy atom. The van der Waals surface area contributed by atoms with Crippen molar-refractivity contribution in [1.29, 1.82) is 0 Å². The van der Waals surface area contributed by atoms with Gasteiger partial charge in [0.25, 0.3) is 5.91 Å². The van der Waals surface area contributed by atoms with Crippen LogP contribution < -0.4 is 10.6 Å². The van der Waals surface area contributed by atoms with Crippen LogP contribution in [0.3, 0.4) is 0 Å². The molecule has 7 nitrogen and oxygen atoms in total. The van der Waals surface area contributed by atoms with E-state index in [4.69, 9.17) is 0 Å². The van der Waals surface area contributed by atoms with Crippen LogP contribution in [-0.2, 0) is 16.0 Å². The number of nitrogens with one attached hydrogen (secondary N) is 2. The number of hydrogen-bond donors (Lipinski definition) is 2. The van der Waals surface area contributed by atoms with Gasteiger partial charge in [-0.15, -0.1) is 0 Å². The van der Waals surface area contributed by atoms with Gasteiger partial charge in [0.15, 0.2) is 0 Å². The molecule has 4 amide bonds.